The molecule has 0 aliphatic carbocycles. The monoisotopic (exact) mass is 278 g/mol. The van der Waals surface area contributed by atoms with E-state index in [1.165, 1.54) is 18.2 Å². The molecule has 0 aliphatic rings. The van der Waals surface area contributed by atoms with Gasteiger partial charge in [0.05, 0.1) is 11.3 Å². The van der Waals surface area contributed by atoms with Crippen molar-refractivity contribution in [3.63, 3.8) is 0 Å². The predicted octanol–water partition coefficient (Wildman–Crippen LogP) is 2.18. The Labute approximate surface area is 113 Å². The molecule has 20 heavy (non-hydrogen) atoms. The molecule has 0 aliphatic heterocycles. The Bertz CT molecular complexity index is 660. The number of nitrogen functional groups attached to an aromatic ring is 1. The van der Waals surface area contributed by atoms with Crippen molar-refractivity contribution in [3.05, 3.63) is 59.2 Å². The fraction of sp³-hybridized carbons (Fsp3) is 0.0714. The molecule has 4 nitrogen and oxygen atoms in total. The second kappa shape index (κ2) is 5.56. The number of nitrogens with two attached hydrogens (primary N) is 1. The highest BCUT2D eigenvalue weighted by Crippen LogP contribution is 2.24. The molecule has 0 atom stereocenters. The molecule has 0 saturated carbocycles. The van der Waals surface area contributed by atoms with Crippen LogP contribution >= 0.6 is 0 Å². The number of amides is 1. The van der Waals surface area contributed by atoms with Gasteiger partial charge in [0.1, 0.15) is 11.6 Å². The third-order valence-corrected chi connectivity index (χ3v) is 2.76. The highest BCUT2D eigenvalue weighted by atomic mass is 19.1. The largest absolute Gasteiger partial charge is 0.505 e. The molecule has 2 rings (SSSR count). The Balaban J connectivity index is 2.13. The number of rotatable bonds is 3. The van der Waals surface area contributed by atoms with Crippen molar-refractivity contribution in [2.45, 2.75) is 6.54 Å². The number of aromatic hydroxyl groups is 1. The fourth-order valence-corrected chi connectivity index (χ4v) is 1.69. The minimum absolute atomic E-state index is 0.0155. The Morgan fingerprint density at radius 1 is 1.25 bits per heavy atom. The van der Waals surface area contributed by atoms with Crippen LogP contribution < -0.4 is 11.1 Å². The van der Waals surface area contributed by atoms with Crippen LogP contribution in [0.3, 0.4) is 0 Å². The third kappa shape index (κ3) is 2.85. The molecule has 0 spiro atoms. The quantitative estimate of drug-likeness (QED) is 0.595. The Kier molecular flexibility index (Phi) is 3.84. The standard InChI is InChI=1S/C14H12F2N2O2/c15-9-4-5-11(16)8(6-9)7-18-14(20)10-2-1-3-12(17)13(10)19/h1-6,19H,7,17H2,(H,18,20). The average Bonchev–Trinajstić information content (AvgIpc) is 2.42. The van der Waals surface area contributed by atoms with E-state index < -0.39 is 17.5 Å². The van der Waals surface area contributed by atoms with Gasteiger partial charge in [-0.1, -0.05) is 6.07 Å². The number of phenolic OH excluding ortho intramolecular Hbond substituents is 1. The van der Waals surface area contributed by atoms with Gasteiger partial charge in [-0.25, -0.2) is 8.78 Å². The van der Waals surface area contributed by atoms with E-state index in [0.717, 1.165) is 18.2 Å². The first-order valence-electron chi connectivity index (χ1n) is 5.78. The second-order valence-electron chi connectivity index (χ2n) is 4.16. The summed E-state index contributed by atoms with van der Waals surface area (Å²) in [6.07, 6.45) is 0. The number of anilines is 1. The SMILES string of the molecule is Nc1cccc(C(=O)NCc2cc(F)ccc2F)c1O. The van der Waals surface area contributed by atoms with Crippen molar-refractivity contribution in [2.24, 2.45) is 0 Å². The van der Waals surface area contributed by atoms with E-state index in [1.54, 1.807) is 0 Å². The Morgan fingerprint density at radius 2 is 2.00 bits per heavy atom. The first-order valence-corrected chi connectivity index (χ1v) is 5.78. The number of carbonyl (C=O) groups is 1. The van der Waals surface area contributed by atoms with E-state index in [1.807, 2.05) is 0 Å². The summed E-state index contributed by atoms with van der Waals surface area (Å²) in [4.78, 5) is 11.8. The van der Waals surface area contributed by atoms with Crippen LogP contribution in [0.5, 0.6) is 5.75 Å². The van der Waals surface area contributed by atoms with Gasteiger partial charge in [-0.2, -0.15) is 0 Å². The van der Waals surface area contributed by atoms with Crippen LogP contribution in [0.15, 0.2) is 36.4 Å². The number of carbonyl (C=O) groups excluding carboxylic acids is 1. The number of para-hydroxylation sites is 1. The van der Waals surface area contributed by atoms with Gasteiger partial charge in [-0.3, -0.25) is 4.79 Å². The van der Waals surface area contributed by atoms with E-state index in [9.17, 15) is 18.7 Å². The number of halogens is 2. The first kappa shape index (κ1) is 13.8. The van der Waals surface area contributed by atoms with Crippen molar-refractivity contribution >= 4 is 11.6 Å². The number of hydrogen-bond acceptors (Lipinski definition) is 3. The van der Waals surface area contributed by atoms with Gasteiger partial charge < -0.3 is 16.2 Å². The first-order chi connectivity index (χ1) is 9.49. The zero-order chi connectivity index (χ0) is 14.7. The van der Waals surface area contributed by atoms with Crippen molar-refractivity contribution in [1.82, 2.24) is 5.32 Å². The van der Waals surface area contributed by atoms with E-state index in [0.29, 0.717) is 0 Å². The molecular weight excluding hydrogens is 266 g/mol. The van der Waals surface area contributed by atoms with Gasteiger partial charge in [0.2, 0.25) is 0 Å². The molecule has 0 bridgehead atoms. The maximum Gasteiger partial charge on any atom is 0.255 e. The molecule has 0 aromatic heterocycles. The Hall–Kier alpha value is -2.63. The summed E-state index contributed by atoms with van der Waals surface area (Å²) >= 11 is 0. The third-order valence-electron chi connectivity index (χ3n) is 2.76. The van der Waals surface area contributed by atoms with Crippen LogP contribution in [-0.2, 0) is 6.54 Å². The van der Waals surface area contributed by atoms with Crippen molar-refractivity contribution in [2.75, 3.05) is 5.73 Å². The van der Waals surface area contributed by atoms with Gasteiger partial charge in [0.15, 0.2) is 5.75 Å². The van der Waals surface area contributed by atoms with E-state index in [2.05, 4.69) is 5.32 Å². The molecule has 6 heteroatoms. The maximum absolute atomic E-state index is 13.4. The van der Waals surface area contributed by atoms with Crippen LogP contribution in [0.25, 0.3) is 0 Å². The van der Waals surface area contributed by atoms with Gasteiger partial charge in [-0.15, -0.1) is 0 Å². The maximum atomic E-state index is 13.4. The molecule has 4 N–H and O–H groups in total. The summed E-state index contributed by atoms with van der Waals surface area (Å²) in [5.41, 5.74) is 5.52. The molecular formula is C14H12F2N2O2. The fourth-order valence-electron chi connectivity index (χ4n) is 1.69. The van der Waals surface area contributed by atoms with Gasteiger partial charge >= 0.3 is 0 Å². The summed E-state index contributed by atoms with van der Waals surface area (Å²) in [7, 11) is 0. The lowest BCUT2D eigenvalue weighted by atomic mass is 10.1. The molecule has 0 heterocycles. The highest BCUT2D eigenvalue weighted by Gasteiger charge is 2.13. The number of hydrogen-bond donors (Lipinski definition) is 3. The van der Waals surface area contributed by atoms with Crippen LogP contribution in [0.2, 0.25) is 0 Å². The summed E-state index contributed by atoms with van der Waals surface area (Å²) < 4.78 is 26.4. The Morgan fingerprint density at radius 3 is 2.75 bits per heavy atom. The molecule has 0 unspecified atom stereocenters. The average molecular weight is 278 g/mol. The molecule has 0 fully saturated rings. The molecule has 0 saturated heterocycles. The minimum atomic E-state index is -0.626. The lowest BCUT2D eigenvalue weighted by molar-refractivity contribution is 0.0948. The van der Waals surface area contributed by atoms with Crippen LogP contribution in [-0.4, -0.2) is 11.0 Å². The normalized spacial score (nSPS) is 10.3. The summed E-state index contributed by atoms with van der Waals surface area (Å²) in [6.45, 7) is -0.198. The smallest absolute Gasteiger partial charge is 0.255 e. The van der Waals surface area contributed by atoms with Gasteiger partial charge in [0.25, 0.3) is 5.91 Å². The molecule has 1 amide bonds. The van der Waals surface area contributed by atoms with E-state index >= 15 is 0 Å². The zero-order valence-corrected chi connectivity index (χ0v) is 10.4. The van der Waals surface area contributed by atoms with Gasteiger partial charge in [0, 0.05) is 12.1 Å². The van der Waals surface area contributed by atoms with Crippen molar-refractivity contribution in [1.29, 1.82) is 0 Å². The lowest BCUT2D eigenvalue weighted by Gasteiger charge is -2.09. The zero-order valence-electron chi connectivity index (χ0n) is 10.4. The predicted molar refractivity (Wildman–Crippen MR) is 70.0 cm³/mol. The molecule has 2 aromatic carbocycles. The van der Waals surface area contributed by atoms with Crippen LogP contribution in [0.1, 0.15) is 15.9 Å². The van der Waals surface area contributed by atoms with Crippen LogP contribution in [0.4, 0.5) is 14.5 Å². The summed E-state index contributed by atoms with van der Waals surface area (Å²) in [5, 5.41) is 12.0. The number of phenols is 1. The molecule has 0 radical (unpaired) electrons. The van der Waals surface area contributed by atoms with Crippen molar-refractivity contribution in [3.8, 4) is 5.75 Å². The van der Waals surface area contributed by atoms with E-state index in [-0.39, 0.29) is 29.1 Å². The molecule has 2 aromatic rings. The number of nitrogens with one attached hydrogen (secondary N) is 1. The lowest BCUT2D eigenvalue weighted by Crippen LogP contribution is -2.23. The van der Waals surface area contributed by atoms with E-state index in [4.69, 9.17) is 5.73 Å². The van der Waals surface area contributed by atoms with Gasteiger partial charge in [-0.05, 0) is 30.3 Å². The molecule has 104 valence electrons. The highest BCUT2D eigenvalue weighted by molar-refractivity contribution is 5.98. The topological polar surface area (TPSA) is 75.4 Å². The van der Waals surface area contributed by atoms with Crippen molar-refractivity contribution < 1.29 is 18.7 Å². The minimum Gasteiger partial charge on any atom is -0.505 e. The number of benzene rings is 2. The summed E-state index contributed by atoms with van der Waals surface area (Å²) in [5.74, 6) is -2.19. The van der Waals surface area contributed by atoms with Crippen LogP contribution in [0, 0.1) is 11.6 Å². The summed E-state index contributed by atoms with van der Waals surface area (Å²) in [6, 6.07) is 7.29. The second-order valence-corrected chi connectivity index (χ2v) is 4.16.